The van der Waals surface area contributed by atoms with Crippen LogP contribution in [0.2, 0.25) is 0 Å². The van der Waals surface area contributed by atoms with Crippen molar-refractivity contribution < 1.29 is 33.0 Å². The van der Waals surface area contributed by atoms with Crippen molar-refractivity contribution in [2.24, 2.45) is 5.92 Å². The molecule has 3 atom stereocenters. The van der Waals surface area contributed by atoms with Crippen LogP contribution in [-0.4, -0.2) is 53.3 Å². The largest absolute Gasteiger partial charge is 0.444 e. The lowest BCUT2D eigenvalue weighted by molar-refractivity contribution is -0.125. The second kappa shape index (κ2) is 13.2. The molecular formula is C24H37F2N3O5. The Bertz CT molecular complexity index is 822. The van der Waals surface area contributed by atoms with E-state index >= 15 is 0 Å². The molecule has 8 nitrogen and oxygen atoms in total. The SMILES string of the molecule is CCNC(=O)C[C@@H](NC(=O)C[C@@H](O)[C@H](Cc1cc(F)cc(F)c1)NC(=O)OC(C)(C)C)C(C)C. The molecule has 1 aromatic rings. The summed E-state index contributed by atoms with van der Waals surface area (Å²) in [5, 5.41) is 18.7. The Labute approximate surface area is 199 Å². The number of aliphatic hydroxyl groups excluding tert-OH is 1. The van der Waals surface area contributed by atoms with Gasteiger partial charge in [-0.1, -0.05) is 13.8 Å². The molecule has 0 unspecified atom stereocenters. The summed E-state index contributed by atoms with van der Waals surface area (Å²) in [6.07, 6.45) is -2.71. The minimum Gasteiger partial charge on any atom is -0.444 e. The van der Waals surface area contributed by atoms with Crippen LogP contribution in [0.4, 0.5) is 13.6 Å². The maximum Gasteiger partial charge on any atom is 0.407 e. The van der Waals surface area contributed by atoms with Crippen LogP contribution < -0.4 is 16.0 Å². The van der Waals surface area contributed by atoms with Crippen molar-refractivity contribution in [3.8, 4) is 0 Å². The zero-order valence-corrected chi connectivity index (χ0v) is 20.7. The zero-order valence-electron chi connectivity index (χ0n) is 20.7. The normalized spacial score (nSPS) is 14.2. The summed E-state index contributed by atoms with van der Waals surface area (Å²) in [6, 6.07) is 1.36. The maximum absolute atomic E-state index is 13.6. The predicted octanol–water partition coefficient (Wildman–Crippen LogP) is 2.82. The van der Waals surface area contributed by atoms with Crippen molar-refractivity contribution in [3.05, 3.63) is 35.4 Å². The minimum atomic E-state index is -1.39. The van der Waals surface area contributed by atoms with Gasteiger partial charge in [0.25, 0.3) is 0 Å². The second-order valence-corrected chi connectivity index (χ2v) is 9.58. The standard InChI is InChI=1S/C24H37F2N3O5/c1-7-27-21(31)12-18(14(2)3)28-22(32)13-20(30)19(29-23(33)34-24(4,5)6)10-15-8-16(25)11-17(26)9-15/h8-9,11,14,18-20,30H,7,10,12-13H2,1-6H3,(H,27,31)(H,28,32)(H,29,33)/t18-,19+,20-/m1/s1. The molecule has 1 rings (SSSR count). The summed E-state index contributed by atoms with van der Waals surface area (Å²) in [7, 11) is 0. The number of alkyl carbamates (subject to hydrolysis) is 1. The van der Waals surface area contributed by atoms with E-state index in [0.29, 0.717) is 12.6 Å². The van der Waals surface area contributed by atoms with Crippen LogP contribution in [0.5, 0.6) is 0 Å². The quantitative estimate of drug-likeness (QED) is 0.385. The van der Waals surface area contributed by atoms with Gasteiger partial charge in [-0.3, -0.25) is 9.59 Å². The van der Waals surface area contributed by atoms with E-state index in [-0.39, 0.29) is 30.2 Å². The van der Waals surface area contributed by atoms with Gasteiger partial charge >= 0.3 is 6.09 Å². The average Bonchev–Trinajstić information content (AvgIpc) is 2.64. The number of hydrogen-bond donors (Lipinski definition) is 4. The molecule has 34 heavy (non-hydrogen) atoms. The predicted molar refractivity (Wildman–Crippen MR) is 124 cm³/mol. The molecule has 0 aromatic heterocycles. The molecule has 0 heterocycles. The Morgan fingerprint density at radius 3 is 2.06 bits per heavy atom. The Morgan fingerprint density at radius 1 is 0.971 bits per heavy atom. The third-order valence-electron chi connectivity index (χ3n) is 4.87. The number of rotatable bonds is 11. The topological polar surface area (TPSA) is 117 Å². The van der Waals surface area contributed by atoms with Gasteiger partial charge in [0.15, 0.2) is 0 Å². The fourth-order valence-corrected chi connectivity index (χ4v) is 3.25. The monoisotopic (exact) mass is 485 g/mol. The van der Waals surface area contributed by atoms with E-state index in [1.165, 1.54) is 0 Å². The molecule has 1 aromatic carbocycles. The van der Waals surface area contributed by atoms with Crippen molar-refractivity contribution in [3.63, 3.8) is 0 Å². The first-order valence-electron chi connectivity index (χ1n) is 11.4. The molecule has 192 valence electrons. The smallest absolute Gasteiger partial charge is 0.407 e. The summed E-state index contributed by atoms with van der Waals surface area (Å²) in [5.41, 5.74) is -0.625. The van der Waals surface area contributed by atoms with Crippen molar-refractivity contribution in [2.75, 3.05) is 6.54 Å². The Hall–Kier alpha value is -2.75. The van der Waals surface area contributed by atoms with E-state index in [2.05, 4.69) is 16.0 Å². The maximum atomic E-state index is 13.6. The van der Waals surface area contributed by atoms with E-state index in [1.807, 2.05) is 13.8 Å². The third-order valence-corrected chi connectivity index (χ3v) is 4.87. The summed E-state index contributed by atoms with van der Waals surface area (Å²) in [6.45, 7) is 10.9. The number of halogens is 2. The van der Waals surface area contributed by atoms with Gasteiger partial charge in [0.05, 0.1) is 18.6 Å². The molecular weight excluding hydrogens is 448 g/mol. The van der Waals surface area contributed by atoms with Crippen molar-refractivity contribution in [1.29, 1.82) is 0 Å². The molecule has 4 N–H and O–H groups in total. The molecule has 3 amide bonds. The number of nitrogens with one attached hydrogen (secondary N) is 3. The van der Waals surface area contributed by atoms with Gasteiger partial charge in [-0.25, -0.2) is 13.6 Å². The van der Waals surface area contributed by atoms with Gasteiger partial charge in [0.1, 0.15) is 17.2 Å². The zero-order chi connectivity index (χ0) is 26.1. The molecule has 0 saturated carbocycles. The van der Waals surface area contributed by atoms with Crippen LogP contribution in [0.25, 0.3) is 0 Å². The number of carbonyl (C=O) groups excluding carboxylic acids is 3. The molecule has 0 aliphatic carbocycles. The number of aliphatic hydroxyl groups is 1. The van der Waals surface area contributed by atoms with E-state index in [9.17, 15) is 28.3 Å². The molecule has 10 heteroatoms. The highest BCUT2D eigenvalue weighted by Crippen LogP contribution is 2.15. The number of ether oxygens (including phenoxy) is 1. The first-order chi connectivity index (χ1) is 15.7. The molecule has 0 fully saturated rings. The summed E-state index contributed by atoms with van der Waals surface area (Å²) >= 11 is 0. The lowest BCUT2D eigenvalue weighted by Crippen LogP contribution is -2.49. The number of hydrogen-bond acceptors (Lipinski definition) is 5. The van der Waals surface area contributed by atoms with Gasteiger partial charge in [-0.2, -0.15) is 0 Å². The Balaban J connectivity index is 2.95. The van der Waals surface area contributed by atoms with Crippen molar-refractivity contribution >= 4 is 17.9 Å². The summed E-state index contributed by atoms with van der Waals surface area (Å²) < 4.78 is 32.5. The fraction of sp³-hybridized carbons (Fsp3) is 0.625. The third kappa shape index (κ3) is 11.4. The van der Waals surface area contributed by atoms with Crippen molar-refractivity contribution in [1.82, 2.24) is 16.0 Å². The van der Waals surface area contributed by atoms with Crippen LogP contribution in [0.15, 0.2) is 18.2 Å². The van der Waals surface area contributed by atoms with E-state index in [0.717, 1.165) is 12.1 Å². The van der Waals surface area contributed by atoms with Crippen LogP contribution in [0.3, 0.4) is 0 Å². The summed E-state index contributed by atoms with van der Waals surface area (Å²) in [5.74, 6) is -2.39. The second-order valence-electron chi connectivity index (χ2n) is 9.58. The first-order valence-corrected chi connectivity index (χ1v) is 11.4. The highest BCUT2D eigenvalue weighted by atomic mass is 19.1. The lowest BCUT2D eigenvalue weighted by Gasteiger charge is -2.28. The molecule has 0 radical (unpaired) electrons. The molecule has 0 aliphatic rings. The lowest BCUT2D eigenvalue weighted by atomic mass is 9.97. The fourth-order valence-electron chi connectivity index (χ4n) is 3.25. The van der Waals surface area contributed by atoms with Gasteiger partial charge in [0.2, 0.25) is 11.8 Å². The highest BCUT2D eigenvalue weighted by molar-refractivity contribution is 5.80. The van der Waals surface area contributed by atoms with E-state index < -0.39 is 53.8 Å². The van der Waals surface area contributed by atoms with Crippen LogP contribution in [0, 0.1) is 17.6 Å². The van der Waals surface area contributed by atoms with Gasteiger partial charge in [0, 0.05) is 25.1 Å². The van der Waals surface area contributed by atoms with Crippen LogP contribution in [0.1, 0.15) is 59.9 Å². The number of carbonyl (C=O) groups is 3. The van der Waals surface area contributed by atoms with Crippen molar-refractivity contribution in [2.45, 2.75) is 84.6 Å². The Kier molecular flexibility index (Phi) is 11.4. The Morgan fingerprint density at radius 2 is 1.56 bits per heavy atom. The minimum absolute atomic E-state index is 0.0466. The van der Waals surface area contributed by atoms with Gasteiger partial charge in [-0.15, -0.1) is 0 Å². The van der Waals surface area contributed by atoms with Gasteiger partial charge < -0.3 is 25.8 Å². The number of amides is 3. The van der Waals surface area contributed by atoms with Gasteiger partial charge in [-0.05, 0) is 57.7 Å². The van der Waals surface area contributed by atoms with Crippen LogP contribution >= 0.6 is 0 Å². The molecule has 0 saturated heterocycles. The number of benzene rings is 1. The van der Waals surface area contributed by atoms with Crippen LogP contribution in [-0.2, 0) is 20.7 Å². The average molecular weight is 486 g/mol. The molecule has 0 aliphatic heterocycles. The molecule has 0 spiro atoms. The molecule has 0 bridgehead atoms. The summed E-state index contributed by atoms with van der Waals surface area (Å²) in [4.78, 5) is 36.8. The first kappa shape index (κ1) is 29.3. The van der Waals surface area contributed by atoms with E-state index in [1.54, 1.807) is 27.7 Å². The highest BCUT2D eigenvalue weighted by Gasteiger charge is 2.28. The van der Waals surface area contributed by atoms with E-state index in [4.69, 9.17) is 4.74 Å².